The average molecular weight is 503 g/mol. The van der Waals surface area contributed by atoms with Crippen molar-refractivity contribution in [3.63, 3.8) is 0 Å². The van der Waals surface area contributed by atoms with Crippen molar-refractivity contribution in [2.75, 3.05) is 25.6 Å². The molecule has 4 heterocycles. The Morgan fingerprint density at radius 3 is 2.94 bits per heavy atom. The first-order valence-corrected chi connectivity index (χ1v) is 11.4. The van der Waals surface area contributed by atoms with Crippen LogP contribution in [-0.2, 0) is 17.7 Å². The molecule has 3 aromatic heterocycles. The number of aliphatic hydroxyl groups is 1. The Balaban J connectivity index is 1.50. The molecule has 32 heavy (non-hydrogen) atoms. The maximum Gasteiger partial charge on any atom is 0.165 e. The first kappa shape index (κ1) is 21.4. The summed E-state index contributed by atoms with van der Waals surface area (Å²) in [4.78, 5) is 9.32. The van der Waals surface area contributed by atoms with Gasteiger partial charge in [0.1, 0.15) is 12.0 Å². The van der Waals surface area contributed by atoms with E-state index in [1.54, 1.807) is 23.0 Å². The van der Waals surface area contributed by atoms with Crippen molar-refractivity contribution in [3.05, 3.63) is 46.0 Å². The Labute approximate surface area is 192 Å². The molecule has 1 aliphatic heterocycles. The van der Waals surface area contributed by atoms with E-state index < -0.39 is 11.7 Å². The lowest BCUT2D eigenvalue weighted by atomic mass is 9.91. The van der Waals surface area contributed by atoms with Crippen LogP contribution in [0.1, 0.15) is 29.8 Å². The van der Waals surface area contributed by atoms with Gasteiger partial charge in [0.25, 0.3) is 0 Å². The van der Waals surface area contributed by atoms with Crippen LogP contribution in [0.2, 0.25) is 0 Å². The number of nitrogens with one attached hydrogen (secondary N) is 1. The molecule has 168 valence electrons. The number of hydrogen-bond donors (Lipinski definition) is 3. The van der Waals surface area contributed by atoms with Gasteiger partial charge in [0, 0.05) is 49.0 Å². The Kier molecular flexibility index (Phi) is 5.70. The van der Waals surface area contributed by atoms with E-state index in [1.165, 1.54) is 6.08 Å². The van der Waals surface area contributed by atoms with E-state index >= 15 is 0 Å². The molecule has 0 saturated carbocycles. The molecule has 1 unspecified atom stereocenters. The van der Waals surface area contributed by atoms with Crippen molar-refractivity contribution in [3.8, 4) is 11.1 Å². The van der Waals surface area contributed by atoms with Gasteiger partial charge in [0.2, 0.25) is 0 Å². The molecule has 1 saturated heterocycles. The summed E-state index contributed by atoms with van der Waals surface area (Å²) in [6.45, 7) is 1.66. The molecule has 2 aliphatic rings. The third kappa shape index (κ3) is 3.81. The summed E-state index contributed by atoms with van der Waals surface area (Å²) in [6, 6.07) is 1.94. The average Bonchev–Trinajstić information content (AvgIpc) is 3.24. The molecular weight excluding hydrogens is 479 g/mol. The number of pyridine rings is 1. The topological polar surface area (TPSA) is 111 Å². The minimum Gasteiger partial charge on any atom is -0.394 e. The van der Waals surface area contributed by atoms with Crippen molar-refractivity contribution in [1.29, 1.82) is 0 Å². The summed E-state index contributed by atoms with van der Waals surface area (Å²) >= 11 is 3.55. The van der Waals surface area contributed by atoms with Crippen LogP contribution in [0.5, 0.6) is 0 Å². The quantitative estimate of drug-likeness (QED) is 0.491. The van der Waals surface area contributed by atoms with Gasteiger partial charge in [-0.15, -0.1) is 0 Å². The molecule has 5 rings (SSSR count). The molecule has 3 aromatic rings. The molecule has 4 N–H and O–H groups in total. The van der Waals surface area contributed by atoms with Crippen LogP contribution >= 0.6 is 15.9 Å². The zero-order valence-electron chi connectivity index (χ0n) is 17.4. The first-order valence-electron chi connectivity index (χ1n) is 10.6. The number of alkyl halides is 1. The van der Waals surface area contributed by atoms with Gasteiger partial charge in [0.05, 0.1) is 28.7 Å². The second kappa shape index (κ2) is 8.51. The standard InChI is InChI=1S/C22H24BrFN6O2/c23-19-18(11-27-22(12-31)3-5-32-6-4-22)29-21-16(10-28-30(21)20(19)25)14-7-13-8-15(24)1-2-17(13)26-9-14/h1-2,7,9-10,15,27,31H,3-6,8,11-12,25H2. The van der Waals surface area contributed by atoms with Gasteiger partial charge in [-0.2, -0.15) is 9.61 Å². The van der Waals surface area contributed by atoms with Gasteiger partial charge in [-0.25, -0.2) is 9.37 Å². The van der Waals surface area contributed by atoms with Crippen LogP contribution < -0.4 is 11.1 Å². The van der Waals surface area contributed by atoms with E-state index in [2.05, 4.69) is 31.3 Å². The highest BCUT2D eigenvalue weighted by Crippen LogP contribution is 2.32. The van der Waals surface area contributed by atoms with Gasteiger partial charge in [-0.3, -0.25) is 4.98 Å². The number of nitrogens with zero attached hydrogens (tertiary/aromatic N) is 4. The van der Waals surface area contributed by atoms with E-state index in [9.17, 15) is 9.50 Å². The van der Waals surface area contributed by atoms with Gasteiger partial charge < -0.3 is 20.9 Å². The highest BCUT2D eigenvalue weighted by molar-refractivity contribution is 9.10. The Hall–Kier alpha value is -2.40. The Morgan fingerprint density at radius 2 is 2.16 bits per heavy atom. The number of allylic oxidation sites excluding steroid dienone is 1. The normalized spacial score (nSPS) is 19.9. The predicted octanol–water partition coefficient (Wildman–Crippen LogP) is 2.67. The minimum atomic E-state index is -1.00. The summed E-state index contributed by atoms with van der Waals surface area (Å²) in [5, 5.41) is 17.8. The van der Waals surface area contributed by atoms with Crippen LogP contribution in [0.3, 0.4) is 0 Å². The number of halogens is 2. The van der Waals surface area contributed by atoms with E-state index in [-0.39, 0.29) is 6.61 Å². The highest BCUT2D eigenvalue weighted by atomic mass is 79.9. The summed E-state index contributed by atoms with van der Waals surface area (Å²) in [6.07, 6.45) is 7.44. The van der Waals surface area contributed by atoms with E-state index in [0.717, 1.165) is 35.2 Å². The zero-order chi connectivity index (χ0) is 22.3. The maximum absolute atomic E-state index is 13.8. The molecule has 1 atom stereocenters. The van der Waals surface area contributed by atoms with E-state index in [4.69, 9.17) is 15.5 Å². The number of fused-ring (bicyclic) bond motifs is 2. The van der Waals surface area contributed by atoms with Crippen molar-refractivity contribution < 1.29 is 14.2 Å². The Morgan fingerprint density at radius 1 is 1.34 bits per heavy atom. The molecule has 0 bridgehead atoms. The fourth-order valence-corrected chi connectivity index (χ4v) is 4.64. The minimum absolute atomic E-state index is 0.0223. The summed E-state index contributed by atoms with van der Waals surface area (Å²) in [5.41, 5.74) is 10.5. The number of aliphatic hydroxyl groups excluding tert-OH is 1. The van der Waals surface area contributed by atoms with Crippen LogP contribution in [0.4, 0.5) is 10.2 Å². The number of nitrogens with two attached hydrogens (primary N) is 1. The molecule has 10 heteroatoms. The fraction of sp³-hybridized carbons (Fsp3) is 0.409. The number of aromatic nitrogens is 4. The molecule has 0 spiro atoms. The van der Waals surface area contributed by atoms with Gasteiger partial charge in [0.15, 0.2) is 5.65 Å². The smallest absolute Gasteiger partial charge is 0.165 e. The lowest BCUT2D eigenvalue weighted by Crippen LogP contribution is -2.52. The van der Waals surface area contributed by atoms with Gasteiger partial charge in [-0.1, -0.05) is 0 Å². The summed E-state index contributed by atoms with van der Waals surface area (Å²) in [5.74, 6) is 0.431. The number of nitrogen functional groups attached to an aromatic ring is 1. The van der Waals surface area contributed by atoms with Crippen molar-refractivity contribution in [1.82, 2.24) is 24.9 Å². The number of anilines is 1. The Bertz CT molecular complexity index is 1190. The number of ether oxygens (including phenoxy) is 1. The number of hydrogen-bond acceptors (Lipinski definition) is 7. The lowest BCUT2D eigenvalue weighted by molar-refractivity contribution is 0.0110. The van der Waals surface area contributed by atoms with Crippen LogP contribution in [0.15, 0.2) is 29.0 Å². The van der Waals surface area contributed by atoms with Crippen molar-refractivity contribution in [2.45, 2.75) is 37.5 Å². The van der Waals surface area contributed by atoms with Crippen LogP contribution in [-0.4, -0.2) is 56.2 Å². The second-order valence-corrected chi connectivity index (χ2v) is 9.10. The number of rotatable bonds is 5. The van der Waals surface area contributed by atoms with E-state index in [1.807, 2.05) is 6.07 Å². The first-order chi connectivity index (χ1) is 15.5. The molecule has 0 aromatic carbocycles. The third-order valence-corrected chi connectivity index (χ3v) is 7.13. The van der Waals surface area contributed by atoms with E-state index in [0.29, 0.717) is 47.8 Å². The third-order valence-electron chi connectivity index (χ3n) is 6.26. The second-order valence-electron chi connectivity index (χ2n) is 8.30. The molecule has 1 fully saturated rings. The molecular formula is C22H24BrFN6O2. The SMILES string of the molecule is Nc1c(Br)c(CNC2(CO)CCOCC2)nc2c(-c3cnc4c(c3)CC(F)C=C4)cnn12. The summed E-state index contributed by atoms with van der Waals surface area (Å²) in [7, 11) is 0. The fourth-order valence-electron chi connectivity index (χ4n) is 4.24. The summed E-state index contributed by atoms with van der Waals surface area (Å²) < 4.78 is 21.5. The molecule has 0 amide bonds. The zero-order valence-corrected chi connectivity index (χ0v) is 19.0. The van der Waals surface area contributed by atoms with Crippen molar-refractivity contribution >= 4 is 33.5 Å². The lowest BCUT2D eigenvalue weighted by Gasteiger charge is -2.36. The molecule has 1 aliphatic carbocycles. The molecule has 0 radical (unpaired) electrons. The van der Waals surface area contributed by atoms with Crippen molar-refractivity contribution in [2.24, 2.45) is 0 Å². The van der Waals surface area contributed by atoms with Gasteiger partial charge >= 0.3 is 0 Å². The van der Waals surface area contributed by atoms with Crippen LogP contribution in [0.25, 0.3) is 22.9 Å². The van der Waals surface area contributed by atoms with Crippen LogP contribution in [0, 0.1) is 0 Å². The maximum atomic E-state index is 13.8. The molecule has 8 nitrogen and oxygen atoms in total. The predicted molar refractivity (Wildman–Crippen MR) is 123 cm³/mol. The monoisotopic (exact) mass is 502 g/mol. The largest absolute Gasteiger partial charge is 0.394 e. The highest BCUT2D eigenvalue weighted by Gasteiger charge is 2.32. The van der Waals surface area contributed by atoms with Gasteiger partial charge in [-0.05, 0) is 52.6 Å².